The molecular weight excluding hydrogens is 220 g/mol. The van der Waals surface area contributed by atoms with Gasteiger partial charge in [-0.25, -0.2) is 9.97 Å². The van der Waals surface area contributed by atoms with Gasteiger partial charge in [0.1, 0.15) is 17.4 Å². The normalized spacial score (nSPS) is 12.2. The molecule has 2 N–H and O–H groups in total. The molecule has 5 heteroatoms. The van der Waals surface area contributed by atoms with E-state index < -0.39 is 6.04 Å². The van der Waals surface area contributed by atoms with Crippen molar-refractivity contribution in [2.45, 2.75) is 11.1 Å². The molecule has 2 aromatic rings. The van der Waals surface area contributed by atoms with Crippen LogP contribution in [0, 0.1) is 11.3 Å². The molecule has 16 heavy (non-hydrogen) atoms. The lowest BCUT2D eigenvalue weighted by Gasteiger charge is -2.04. The summed E-state index contributed by atoms with van der Waals surface area (Å²) in [6, 6.07) is 9.32. The minimum absolute atomic E-state index is 0.460. The lowest BCUT2D eigenvalue weighted by molar-refractivity contribution is 0.950. The van der Waals surface area contributed by atoms with Crippen molar-refractivity contribution in [2.75, 3.05) is 5.75 Å². The monoisotopic (exact) mass is 230 g/mol. The first kappa shape index (κ1) is 10.9. The van der Waals surface area contributed by atoms with E-state index in [1.54, 1.807) is 0 Å². The predicted molar refractivity (Wildman–Crippen MR) is 63.9 cm³/mol. The molecule has 0 amide bonds. The molecule has 0 saturated heterocycles. The van der Waals surface area contributed by atoms with E-state index in [9.17, 15) is 0 Å². The fourth-order valence-electron chi connectivity index (χ4n) is 1.30. The van der Waals surface area contributed by atoms with Crippen LogP contribution in [0.15, 0.2) is 35.6 Å². The zero-order valence-corrected chi connectivity index (χ0v) is 9.31. The molecule has 1 unspecified atom stereocenters. The summed E-state index contributed by atoms with van der Waals surface area (Å²) in [5.74, 6) is 0.539. The van der Waals surface area contributed by atoms with Crippen molar-refractivity contribution in [3.63, 3.8) is 0 Å². The van der Waals surface area contributed by atoms with Crippen LogP contribution in [-0.2, 0) is 0 Å². The van der Waals surface area contributed by atoms with Crippen LogP contribution in [0.2, 0.25) is 0 Å². The summed E-state index contributed by atoms with van der Waals surface area (Å²) in [6.45, 7) is 0. The predicted octanol–water partition coefficient (Wildman–Crippen LogP) is 1.57. The summed E-state index contributed by atoms with van der Waals surface area (Å²) in [4.78, 5) is 8.37. The Bertz CT molecular complexity index is 529. The lowest BCUT2D eigenvalue weighted by atomic mass is 10.2. The van der Waals surface area contributed by atoms with Gasteiger partial charge in [0.2, 0.25) is 0 Å². The second-order valence-corrected chi connectivity index (χ2v) is 4.25. The molecule has 1 atom stereocenters. The summed E-state index contributed by atoms with van der Waals surface area (Å²) in [5, 5.41) is 10.5. The molecule has 1 heterocycles. The van der Waals surface area contributed by atoms with E-state index in [0.717, 1.165) is 15.9 Å². The van der Waals surface area contributed by atoms with Gasteiger partial charge in [-0.1, -0.05) is 18.2 Å². The highest BCUT2D eigenvalue weighted by Crippen LogP contribution is 2.24. The Hall–Kier alpha value is -1.64. The minimum Gasteiger partial charge on any atom is -0.315 e. The van der Waals surface area contributed by atoms with E-state index in [1.165, 1.54) is 18.1 Å². The second-order valence-electron chi connectivity index (χ2n) is 3.24. The first-order valence-electron chi connectivity index (χ1n) is 4.79. The highest BCUT2D eigenvalue weighted by Gasteiger charge is 2.06. The number of aromatic nitrogens is 2. The Morgan fingerprint density at radius 1 is 1.38 bits per heavy atom. The summed E-state index contributed by atoms with van der Waals surface area (Å²) in [6.07, 6.45) is 1.53. The standard InChI is InChI=1S/C11H10N4S/c12-5-8(13)6-16-11-9-3-1-2-4-10(9)14-7-15-11/h1-4,7-8H,6,13H2. The van der Waals surface area contributed by atoms with E-state index in [1.807, 2.05) is 30.3 Å². The summed E-state index contributed by atoms with van der Waals surface area (Å²) < 4.78 is 0. The molecule has 0 radical (unpaired) electrons. The van der Waals surface area contributed by atoms with Crippen LogP contribution in [0.1, 0.15) is 0 Å². The number of hydrogen-bond donors (Lipinski definition) is 1. The zero-order valence-electron chi connectivity index (χ0n) is 8.50. The van der Waals surface area contributed by atoms with Gasteiger partial charge < -0.3 is 5.73 Å². The molecule has 0 spiro atoms. The molecule has 2 rings (SSSR count). The molecule has 0 saturated carbocycles. The summed E-state index contributed by atoms with van der Waals surface area (Å²) >= 11 is 1.48. The molecule has 1 aromatic carbocycles. The molecule has 4 nitrogen and oxygen atoms in total. The van der Waals surface area contributed by atoms with E-state index in [0.29, 0.717) is 5.75 Å². The van der Waals surface area contributed by atoms with Crippen molar-refractivity contribution in [2.24, 2.45) is 5.73 Å². The third-order valence-corrected chi connectivity index (χ3v) is 3.20. The van der Waals surface area contributed by atoms with Gasteiger partial charge in [-0.2, -0.15) is 5.26 Å². The molecule has 0 aliphatic carbocycles. The van der Waals surface area contributed by atoms with Crippen LogP contribution < -0.4 is 5.73 Å². The number of rotatable bonds is 3. The lowest BCUT2D eigenvalue weighted by Crippen LogP contribution is -2.19. The molecule has 80 valence electrons. The fraction of sp³-hybridized carbons (Fsp3) is 0.182. The SMILES string of the molecule is N#CC(N)CSc1ncnc2ccccc12. The van der Waals surface area contributed by atoms with E-state index in [-0.39, 0.29) is 0 Å². The van der Waals surface area contributed by atoms with Crippen LogP contribution in [0.5, 0.6) is 0 Å². The van der Waals surface area contributed by atoms with Gasteiger partial charge in [-0.05, 0) is 6.07 Å². The highest BCUT2D eigenvalue weighted by atomic mass is 32.2. The molecular formula is C11H10N4S. The van der Waals surface area contributed by atoms with Gasteiger partial charge in [0.25, 0.3) is 0 Å². The van der Waals surface area contributed by atoms with Gasteiger partial charge in [0.15, 0.2) is 0 Å². The topological polar surface area (TPSA) is 75.6 Å². The zero-order chi connectivity index (χ0) is 11.4. The van der Waals surface area contributed by atoms with Gasteiger partial charge in [0.05, 0.1) is 11.6 Å². The van der Waals surface area contributed by atoms with Gasteiger partial charge in [-0.15, -0.1) is 11.8 Å². The number of para-hydroxylation sites is 1. The summed E-state index contributed by atoms with van der Waals surface area (Å²) in [5.41, 5.74) is 6.45. The quantitative estimate of drug-likeness (QED) is 0.640. The largest absolute Gasteiger partial charge is 0.315 e. The van der Waals surface area contributed by atoms with Crippen molar-refractivity contribution in [3.05, 3.63) is 30.6 Å². The number of fused-ring (bicyclic) bond motifs is 1. The number of benzene rings is 1. The van der Waals surface area contributed by atoms with Crippen molar-refractivity contribution < 1.29 is 0 Å². The Balaban J connectivity index is 2.28. The Kier molecular flexibility index (Phi) is 3.34. The Morgan fingerprint density at radius 3 is 3.00 bits per heavy atom. The minimum atomic E-state index is -0.460. The molecule has 0 fully saturated rings. The fourth-order valence-corrected chi connectivity index (χ4v) is 2.16. The Morgan fingerprint density at radius 2 is 2.19 bits per heavy atom. The molecule has 0 aliphatic rings. The Labute approximate surface area is 97.5 Å². The highest BCUT2D eigenvalue weighted by molar-refractivity contribution is 7.99. The molecule has 0 aliphatic heterocycles. The molecule has 0 bridgehead atoms. The van der Waals surface area contributed by atoms with Crippen LogP contribution in [0.25, 0.3) is 10.9 Å². The van der Waals surface area contributed by atoms with Crippen LogP contribution in [0.4, 0.5) is 0 Å². The molecule has 1 aromatic heterocycles. The number of thioether (sulfide) groups is 1. The van der Waals surface area contributed by atoms with Crippen molar-refractivity contribution in [1.29, 1.82) is 5.26 Å². The number of nitriles is 1. The van der Waals surface area contributed by atoms with Crippen molar-refractivity contribution in [3.8, 4) is 6.07 Å². The van der Waals surface area contributed by atoms with Crippen molar-refractivity contribution >= 4 is 22.7 Å². The van der Waals surface area contributed by atoms with Gasteiger partial charge in [-0.3, -0.25) is 0 Å². The first-order chi connectivity index (χ1) is 7.81. The average molecular weight is 230 g/mol. The number of hydrogen-bond acceptors (Lipinski definition) is 5. The van der Waals surface area contributed by atoms with Crippen molar-refractivity contribution in [1.82, 2.24) is 9.97 Å². The van der Waals surface area contributed by atoms with E-state index >= 15 is 0 Å². The van der Waals surface area contributed by atoms with E-state index in [2.05, 4.69) is 9.97 Å². The van der Waals surface area contributed by atoms with Crippen LogP contribution in [-0.4, -0.2) is 21.8 Å². The van der Waals surface area contributed by atoms with Gasteiger partial charge >= 0.3 is 0 Å². The third-order valence-electron chi connectivity index (χ3n) is 2.07. The smallest absolute Gasteiger partial charge is 0.117 e. The first-order valence-corrected chi connectivity index (χ1v) is 5.77. The van der Waals surface area contributed by atoms with Crippen LogP contribution in [0.3, 0.4) is 0 Å². The maximum Gasteiger partial charge on any atom is 0.117 e. The summed E-state index contributed by atoms with van der Waals surface area (Å²) in [7, 11) is 0. The maximum atomic E-state index is 8.60. The number of nitrogens with two attached hydrogens (primary N) is 1. The number of nitrogens with zero attached hydrogens (tertiary/aromatic N) is 3. The second kappa shape index (κ2) is 4.92. The average Bonchev–Trinajstić information content (AvgIpc) is 2.35. The van der Waals surface area contributed by atoms with E-state index in [4.69, 9.17) is 11.0 Å². The third kappa shape index (κ3) is 2.30. The van der Waals surface area contributed by atoms with Crippen LogP contribution >= 0.6 is 11.8 Å². The van der Waals surface area contributed by atoms with Gasteiger partial charge in [0, 0.05) is 11.1 Å². The maximum absolute atomic E-state index is 8.60.